The average molecular weight is 621 g/mol. The number of halogens is 3. The molecule has 1 aromatic heterocycles. The highest BCUT2D eigenvalue weighted by molar-refractivity contribution is 7.89. The van der Waals surface area contributed by atoms with Crippen molar-refractivity contribution < 1.29 is 41.3 Å². The number of benzene rings is 3. The molecule has 0 spiro atoms. The number of phenolic OH excluding ortho intramolecular Hbond substituents is 1. The zero-order valence-electron chi connectivity index (χ0n) is 22.2. The first-order valence-corrected chi connectivity index (χ1v) is 14.9. The van der Waals surface area contributed by atoms with Crippen LogP contribution in [-0.4, -0.2) is 54.6 Å². The molecule has 4 rings (SSSR count). The Morgan fingerprint density at radius 2 is 1.76 bits per heavy atom. The van der Waals surface area contributed by atoms with Crippen LogP contribution < -0.4 is 10.1 Å². The third-order valence-electron chi connectivity index (χ3n) is 6.44. The molecule has 42 heavy (non-hydrogen) atoms. The lowest BCUT2D eigenvalue weighted by Gasteiger charge is -2.30. The first-order valence-electron chi connectivity index (χ1n) is 12.6. The smallest absolute Gasteiger partial charge is 0.254 e. The molecule has 0 fully saturated rings. The van der Waals surface area contributed by atoms with Crippen LogP contribution in [0.1, 0.15) is 20.8 Å². The first kappa shape index (κ1) is 31.0. The van der Waals surface area contributed by atoms with E-state index in [4.69, 9.17) is 4.74 Å². The van der Waals surface area contributed by atoms with Gasteiger partial charge in [-0.1, -0.05) is 42.5 Å². The van der Waals surface area contributed by atoms with E-state index in [2.05, 4.69) is 5.32 Å². The largest absolute Gasteiger partial charge is 0.503 e. The van der Waals surface area contributed by atoms with Crippen LogP contribution in [0, 0.1) is 17.5 Å². The second-order valence-corrected chi connectivity index (χ2v) is 12.2. The van der Waals surface area contributed by atoms with Crippen molar-refractivity contribution in [1.29, 1.82) is 0 Å². The molecule has 0 aliphatic heterocycles. The molecule has 13 heteroatoms. The normalized spacial score (nSPS) is 13.1. The molecule has 3 N–H and O–H groups in total. The highest BCUT2D eigenvalue weighted by Gasteiger charge is 2.33. The number of hydrogen-bond donors (Lipinski definition) is 3. The maximum atomic E-state index is 14.5. The minimum absolute atomic E-state index is 0.0307. The summed E-state index contributed by atoms with van der Waals surface area (Å²) in [4.78, 5) is 13.6. The van der Waals surface area contributed by atoms with E-state index in [0.29, 0.717) is 22.3 Å². The van der Waals surface area contributed by atoms with E-state index >= 15 is 0 Å². The molecular formula is C29H27F3N2O6S2. The predicted octanol–water partition coefficient (Wildman–Crippen LogP) is 4.47. The fourth-order valence-electron chi connectivity index (χ4n) is 4.22. The maximum absolute atomic E-state index is 14.5. The number of sulfonamides is 1. The van der Waals surface area contributed by atoms with E-state index in [1.165, 1.54) is 36.6 Å². The van der Waals surface area contributed by atoms with Crippen molar-refractivity contribution in [1.82, 2.24) is 9.62 Å². The van der Waals surface area contributed by atoms with Crippen LogP contribution in [-0.2, 0) is 23.0 Å². The summed E-state index contributed by atoms with van der Waals surface area (Å²) in [5, 5.41) is 25.1. The minimum atomic E-state index is -4.21. The van der Waals surface area contributed by atoms with Crippen molar-refractivity contribution in [3.8, 4) is 11.5 Å². The third kappa shape index (κ3) is 7.10. The van der Waals surface area contributed by atoms with Gasteiger partial charge < -0.3 is 20.3 Å². The number of aromatic hydroxyl groups is 1. The van der Waals surface area contributed by atoms with Crippen molar-refractivity contribution in [3.63, 3.8) is 0 Å². The molecule has 0 saturated carbocycles. The number of carbonyl (C=O) groups is 1. The van der Waals surface area contributed by atoms with Gasteiger partial charge in [-0.25, -0.2) is 17.2 Å². The number of nitrogens with one attached hydrogen (secondary N) is 1. The van der Waals surface area contributed by atoms with Crippen molar-refractivity contribution >= 4 is 27.3 Å². The van der Waals surface area contributed by atoms with Crippen LogP contribution in [0.15, 0.2) is 83.1 Å². The first-order chi connectivity index (χ1) is 20.0. The van der Waals surface area contributed by atoms with E-state index < -0.39 is 63.4 Å². The zero-order valence-corrected chi connectivity index (χ0v) is 23.8. The van der Waals surface area contributed by atoms with Gasteiger partial charge in [0.2, 0.25) is 15.8 Å². The Bertz CT molecular complexity index is 1640. The fraction of sp³-hybridized carbons (Fsp3) is 0.207. The second-order valence-electron chi connectivity index (χ2n) is 9.28. The molecule has 0 aliphatic carbocycles. The van der Waals surface area contributed by atoms with Gasteiger partial charge in [0.25, 0.3) is 5.91 Å². The molecule has 0 unspecified atom stereocenters. The van der Waals surface area contributed by atoms with Crippen molar-refractivity contribution in [3.05, 3.63) is 112 Å². The highest BCUT2D eigenvalue weighted by atomic mass is 32.2. The fourth-order valence-corrected chi connectivity index (χ4v) is 6.50. The van der Waals surface area contributed by atoms with Crippen molar-refractivity contribution in [2.24, 2.45) is 0 Å². The SMILES string of the molecule is COc1cccc(S(=O)(=O)N(Cc2cccs2)C[C@@H](O)[C@H](Cc2ccccc2)NC(=O)c2cc(F)c(F)c(O)c2F)c1. The van der Waals surface area contributed by atoms with Gasteiger partial charge in [-0.3, -0.25) is 4.79 Å². The molecule has 0 bridgehead atoms. The van der Waals surface area contributed by atoms with Crippen LogP contribution in [0.25, 0.3) is 0 Å². The molecule has 0 radical (unpaired) electrons. The van der Waals surface area contributed by atoms with Gasteiger partial charge in [0, 0.05) is 24.0 Å². The summed E-state index contributed by atoms with van der Waals surface area (Å²) in [6, 6.07) is 16.9. The number of hydrogen-bond acceptors (Lipinski definition) is 7. The number of phenols is 1. The Morgan fingerprint density at radius 1 is 1.02 bits per heavy atom. The van der Waals surface area contributed by atoms with Gasteiger partial charge in [0.05, 0.1) is 29.7 Å². The molecule has 3 aromatic carbocycles. The average Bonchev–Trinajstić information content (AvgIpc) is 3.51. The number of thiophene rings is 1. The summed E-state index contributed by atoms with van der Waals surface area (Å²) < 4.78 is 75.8. The lowest BCUT2D eigenvalue weighted by molar-refractivity contribution is 0.0775. The molecule has 1 heterocycles. The molecule has 0 saturated heterocycles. The number of methoxy groups -OCH3 is 1. The van der Waals surface area contributed by atoms with E-state index in [1.54, 1.807) is 53.9 Å². The van der Waals surface area contributed by atoms with Gasteiger partial charge in [-0.15, -0.1) is 11.3 Å². The number of amides is 1. The summed E-state index contributed by atoms with van der Waals surface area (Å²) in [7, 11) is -2.82. The Balaban J connectivity index is 1.68. The van der Waals surface area contributed by atoms with Gasteiger partial charge >= 0.3 is 0 Å². The topological polar surface area (TPSA) is 116 Å². The summed E-state index contributed by atoms with van der Waals surface area (Å²) in [5.74, 6) is -7.78. The van der Waals surface area contributed by atoms with Gasteiger partial charge in [-0.05, 0) is 41.6 Å². The number of nitrogens with zero attached hydrogens (tertiary/aromatic N) is 1. The van der Waals surface area contributed by atoms with E-state index in [9.17, 15) is 36.6 Å². The number of ether oxygens (including phenoxy) is 1. The molecule has 0 aliphatic rings. The van der Waals surface area contributed by atoms with Gasteiger partial charge in [0.1, 0.15) is 5.75 Å². The molecule has 8 nitrogen and oxygen atoms in total. The Morgan fingerprint density at radius 3 is 2.43 bits per heavy atom. The summed E-state index contributed by atoms with van der Waals surface area (Å²) in [5.41, 5.74) is -0.355. The second kappa shape index (κ2) is 13.4. The maximum Gasteiger partial charge on any atom is 0.254 e. The molecule has 2 atom stereocenters. The molecule has 4 aromatic rings. The van der Waals surface area contributed by atoms with Crippen molar-refractivity contribution in [2.45, 2.75) is 30.0 Å². The zero-order chi connectivity index (χ0) is 30.4. The lowest BCUT2D eigenvalue weighted by atomic mass is 10.00. The lowest BCUT2D eigenvalue weighted by Crippen LogP contribution is -2.50. The highest BCUT2D eigenvalue weighted by Crippen LogP contribution is 2.27. The molecule has 222 valence electrons. The van der Waals surface area contributed by atoms with E-state index in [1.807, 2.05) is 0 Å². The number of carbonyl (C=O) groups excluding carboxylic acids is 1. The summed E-state index contributed by atoms with van der Waals surface area (Å²) in [6.07, 6.45) is -1.59. The Hall–Kier alpha value is -3.91. The number of aliphatic hydroxyl groups is 1. The monoisotopic (exact) mass is 620 g/mol. The van der Waals surface area contributed by atoms with Crippen LogP contribution in [0.5, 0.6) is 11.5 Å². The van der Waals surface area contributed by atoms with Crippen LogP contribution in [0.2, 0.25) is 0 Å². The number of rotatable bonds is 12. The van der Waals surface area contributed by atoms with Crippen LogP contribution >= 0.6 is 11.3 Å². The van der Waals surface area contributed by atoms with Gasteiger partial charge in [0.15, 0.2) is 17.4 Å². The molecule has 1 amide bonds. The van der Waals surface area contributed by atoms with E-state index in [0.717, 1.165) is 4.31 Å². The van der Waals surface area contributed by atoms with Crippen molar-refractivity contribution in [2.75, 3.05) is 13.7 Å². The Labute approximate surface area is 244 Å². The standard InChI is InChI=1S/C29H27F3N2O6S2/c1-40-19-9-5-11-21(14-19)42(38,39)34(16-20-10-6-12-41-20)17-25(35)24(13-18-7-3-2-4-8-18)33-29(37)22-15-23(30)27(32)28(36)26(22)31/h2-12,14-15,24-25,35-36H,13,16-17H2,1H3,(H,33,37)/t24-,25+/m0/s1. The van der Waals surface area contributed by atoms with Gasteiger partial charge in [-0.2, -0.15) is 8.70 Å². The summed E-state index contributed by atoms with van der Waals surface area (Å²) in [6.45, 7) is -0.604. The summed E-state index contributed by atoms with van der Waals surface area (Å²) >= 11 is 1.31. The minimum Gasteiger partial charge on any atom is -0.503 e. The number of aliphatic hydroxyl groups excluding tert-OH is 1. The quantitative estimate of drug-likeness (QED) is 0.201. The van der Waals surface area contributed by atoms with Crippen LogP contribution in [0.3, 0.4) is 0 Å². The predicted molar refractivity (Wildman–Crippen MR) is 150 cm³/mol. The van der Waals surface area contributed by atoms with E-state index in [-0.39, 0.29) is 17.9 Å². The Kier molecular flexibility index (Phi) is 9.89. The molecular weight excluding hydrogens is 593 g/mol. The van der Waals surface area contributed by atoms with Crippen LogP contribution in [0.4, 0.5) is 13.2 Å². The third-order valence-corrected chi connectivity index (χ3v) is 9.11.